The molecule has 2 amide bonds. The maximum absolute atomic E-state index is 12.5. The van der Waals surface area contributed by atoms with Crippen LogP contribution in [0.4, 0.5) is 0 Å². The van der Waals surface area contributed by atoms with Crippen molar-refractivity contribution < 1.29 is 14.7 Å². The van der Waals surface area contributed by atoms with Gasteiger partial charge < -0.3 is 15.3 Å². The van der Waals surface area contributed by atoms with E-state index in [4.69, 9.17) is 5.11 Å². The van der Waals surface area contributed by atoms with Gasteiger partial charge in [0.05, 0.1) is 5.92 Å². The Bertz CT molecular complexity index is 414. The van der Waals surface area contributed by atoms with Gasteiger partial charge in [-0.2, -0.15) is 0 Å². The van der Waals surface area contributed by atoms with Gasteiger partial charge in [0.1, 0.15) is 0 Å². The number of rotatable bonds is 4. The van der Waals surface area contributed by atoms with E-state index in [0.29, 0.717) is 12.5 Å². The number of aliphatic hydroxyl groups excluding tert-OH is 1. The molecule has 0 radical (unpaired) electrons. The van der Waals surface area contributed by atoms with Gasteiger partial charge in [0.15, 0.2) is 0 Å². The highest BCUT2D eigenvalue weighted by Crippen LogP contribution is 2.32. The first kappa shape index (κ1) is 15.8. The summed E-state index contributed by atoms with van der Waals surface area (Å²) in [6, 6.07) is 0.254. The standard InChI is InChI=1S/C17H28N2O3/c20-11-12-3-7-15(8-4-12)18-16(21)14-2-1-9-19(10-14)17(22)13-5-6-13/h12-15,20H,1-11H2,(H,18,21). The molecule has 0 spiro atoms. The summed E-state index contributed by atoms with van der Waals surface area (Å²) in [6.07, 6.45) is 7.82. The van der Waals surface area contributed by atoms with Crippen molar-refractivity contribution in [2.75, 3.05) is 19.7 Å². The Hall–Kier alpha value is -1.10. The molecule has 1 saturated heterocycles. The third-order valence-corrected chi connectivity index (χ3v) is 5.48. The molecule has 0 aromatic carbocycles. The molecule has 1 atom stereocenters. The molecule has 1 unspecified atom stereocenters. The lowest BCUT2D eigenvalue weighted by atomic mass is 9.86. The van der Waals surface area contributed by atoms with Gasteiger partial charge in [0.2, 0.25) is 11.8 Å². The van der Waals surface area contributed by atoms with Gasteiger partial charge in [-0.1, -0.05) is 0 Å². The first-order valence-electron chi connectivity index (χ1n) is 8.87. The highest BCUT2D eigenvalue weighted by molar-refractivity contribution is 5.83. The molecule has 0 aromatic rings. The van der Waals surface area contributed by atoms with Crippen LogP contribution in [0.15, 0.2) is 0 Å². The quantitative estimate of drug-likeness (QED) is 0.822. The molecule has 1 aliphatic heterocycles. The van der Waals surface area contributed by atoms with Gasteiger partial charge in [-0.25, -0.2) is 0 Å². The van der Waals surface area contributed by atoms with Gasteiger partial charge >= 0.3 is 0 Å². The second-order valence-electron chi connectivity index (χ2n) is 7.31. The molecule has 22 heavy (non-hydrogen) atoms. The van der Waals surface area contributed by atoms with Crippen LogP contribution in [-0.4, -0.2) is 47.6 Å². The predicted molar refractivity (Wildman–Crippen MR) is 83.0 cm³/mol. The Balaban J connectivity index is 1.46. The largest absolute Gasteiger partial charge is 0.396 e. The minimum atomic E-state index is -0.0352. The van der Waals surface area contributed by atoms with Crippen LogP contribution < -0.4 is 5.32 Å². The van der Waals surface area contributed by atoms with Crippen molar-refractivity contribution in [3.8, 4) is 0 Å². The first-order valence-corrected chi connectivity index (χ1v) is 8.87. The molecule has 124 valence electrons. The summed E-state index contributed by atoms with van der Waals surface area (Å²) in [7, 11) is 0. The van der Waals surface area contributed by atoms with E-state index >= 15 is 0 Å². The summed E-state index contributed by atoms with van der Waals surface area (Å²) >= 11 is 0. The third-order valence-electron chi connectivity index (χ3n) is 5.48. The lowest BCUT2D eigenvalue weighted by Gasteiger charge is -2.34. The van der Waals surface area contributed by atoms with E-state index in [2.05, 4.69) is 5.32 Å². The number of carbonyl (C=O) groups is 2. The van der Waals surface area contributed by atoms with Gasteiger partial charge in [0.25, 0.3) is 0 Å². The van der Waals surface area contributed by atoms with Crippen LogP contribution in [0, 0.1) is 17.8 Å². The normalized spacial score (nSPS) is 32.6. The zero-order valence-corrected chi connectivity index (χ0v) is 13.3. The highest BCUT2D eigenvalue weighted by atomic mass is 16.3. The molecule has 0 aromatic heterocycles. The molecule has 3 rings (SSSR count). The average molecular weight is 308 g/mol. The summed E-state index contributed by atoms with van der Waals surface area (Å²) < 4.78 is 0. The van der Waals surface area contributed by atoms with Crippen LogP contribution in [0.2, 0.25) is 0 Å². The fraction of sp³-hybridized carbons (Fsp3) is 0.882. The number of hydrogen-bond donors (Lipinski definition) is 2. The SMILES string of the molecule is O=C(NC1CCC(CO)CC1)C1CCCN(C(=O)C2CC2)C1. The zero-order chi connectivity index (χ0) is 15.5. The summed E-state index contributed by atoms with van der Waals surface area (Å²) in [5.41, 5.74) is 0. The highest BCUT2D eigenvalue weighted by Gasteiger charge is 2.37. The lowest BCUT2D eigenvalue weighted by Crippen LogP contribution is -2.48. The van der Waals surface area contributed by atoms with Gasteiger partial charge in [-0.3, -0.25) is 9.59 Å². The number of aliphatic hydroxyl groups is 1. The molecule has 2 aliphatic carbocycles. The zero-order valence-electron chi connectivity index (χ0n) is 13.3. The van der Waals surface area contributed by atoms with E-state index in [1.54, 1.807) is 0 Å². The van der Waals surface area contributed by atoms with Crippen LogP contribution in [0.25, 0.3) is 0 Å². The second-order valence-corrected chi connectivity index (χ2v) is 7.31. The van der Waals surface area contributed by atoms with Crippen LogP contribution in [0.3, 0.4) is 0 Å². The Labute approximate surface area is 132 Å². The summed E-state index contributed by atoms with van der Waals surface area (Å²) in [5.74, 6) is 1.01. The van der Waals surface area contributed by atoms with E-state index in [0.717, 1.165) is 57.9 Å². The van der Waals surface area contributed by atoms with Crippen molar-refractivity contribution in [3.05, 3.63) is 0 Å². The topological polar surface area (TPSA) is 69.6 Å². The lowest BCUT2D eigenvalue weighted by molar-refractivity contribution is -0.137. The maximum Gasteiger partial charge on any atom is 0.225 e. The molecular formula is C17H28N2O3. The number of nitrogens with zero attached hydrogens (tertiary/aromatic N) is 1. The molecule has 5 nitrogen and oxygen atoms in total. The van der Waals surface area contributed by atoms with E-state index in [1.165, 1.54) is 0 Å². The van der Waals surface area contributed by atoms with Gasteiger partial charge in [0, 0.05) is 31.7 Å². The molecule has 3 aliphatic rings. The smallest absolute Gasteiger partial charge is 0.225 e. The second kappa shape index (κ2) is 6.99. The number of likely N-dealkylation sites (tertiary alicyclic amines) is 1. The van der Waals surface area contributed by atoms with E-state index in [9.17, 15) is 9.59 Å². The van der Waals surface area contributed by atoms with Crippen molar-refractivity contribution in [1.29, 1.82) is 0 Å². The summed E-state index contributed by atoms with van der Waals surface area (Å²) in [5, 5.41) is 12.3. The molecular weight excluding hydrogens is 280 g/mol. The molecule has 2 N–H and O–H groups in total. The Morgan fingerprint density at radius 1 is 1.00 bits per heavy atom. The van der Waals surface area contributed by atoms with Crippen molar-refractivity contribution in [1.82, 2.24) is 10.2 Å². The minimum absolute atomic E-state index is 0.0352. The number of amides is 2. The van der Waals surface area contributed by atoms with Crippen LogP contribution in [0.1, 0.15) is 51.4 Å². The summed E-state index contributed by atoms with van der Waals surface area (Å²) in [4.78, 5) is 26.5. The first-order chi connectivity index (χ1) is 10.7. The maximum atomic E-state index is 12.5. The van der Waals surface area contributed by atoms with Crippen molar-refractivity contribution in [2.45, 2.75) is 57.4 Å². The van der Waals surface area contributed by atoms with E-state index in [1.807, 2.05) is 4.90 Å². The Morgan fingerprint density at radius 3 is 2.36 bits per heavy atom. The number of piperidine rings is 1. The fourth-order valence-electron chi connectivity index (χ4n) is 3.79. The number of carbonyl (C=O) groups excluding carboxylic acids is 2. The van der Waals surface area contributed by atoms with Crippen molar-refractivity contribution in [2.24, 2.45) is 17.8 Å². The third kappa shape index (κ3) is 3.80. The molecule has 0 bridgehead atoms. The van der Waals surface area contributed by atoms with Crippen LogP contribution in [0.5, 0.6) is 0 Å². The molecule has 1 heterocycles. The Kier molecular flexibility index (Phi) is 5.01. The number of hydrogen-bond acceptors (Lipinski definition) is 3. The van der Waals surface area contributed by atoms with Crippen molar-refractivity contribution >= 4 is 11.8 Å². The Morgan fingerprint density at radius 2 is 1.73 bits per heavy atom. The molecule has 2 saturated carbocycles. The van der Waals surface area contributed by atoms with Gasteiger partial charge in [-0.05, 0) is 57.3 Å². The van der Waals surface area contributed by atoms with Crippen LogP contribution in [-0.2, 0) is 9.59 Å². The molecule has 3 fully saturated rings. The van der Waals surface area contributed by atoms with Crippen LogP contribution >= 0.6 is 0 Å². The molecule has 5 heteroatoms. The monoisotopic (exact) mass is 308 g/mol. The van der Waals surface area contributed by atoms with Crippen molar-refractivity contribution in [3.63, 3.8) is 0 Å². The van der Waals surface area contributed by atoms with E-state index < -0.39 is 0 Å². The predicted octanol–water partition coefficient (Wildman–Crippen LogP) is 1.30. The van der Waals surface area contributed by atoms with Gasteiger partial charge in [-0.15, -0.1) is 0 Å². The average Bonchev–Trinajstić information content (AvgIpc) is 3.40. The number of nitrogens with one attached hydrogen (secondary N) is 1. The van der Waals surface area contributed by atoms with E-state index in [-0.39, 0.29) is 36.3 Å². The minimum Gasteiger partial charge on any atom is -0.396 e. The fourth-order valence-corrected chi connectivity index (χ4v) is 3.79. The summed E-state index contributed by atoms with van der Waals surface area (Å²) in [6.45, 7) is 1.69.